The van der Waals surface area contributed by atoms with Gasteiger partial charge in [0.1, 0.15) is 0 Å². The van der Waals surface area contributed by atoms with Crippen molar-refractivity contribution < 1.29 is 0 Å². The van der Waals surface area contributed by atoms with E-state index in [1.807, 2.05) is 42.4 Å². The molecule has 102 valence electrons. The zero-order chi connectivity index (χ0) is 14.2. The summed E-state index contributed by atoms with van der Waals surface area (Å²) in [7, 11) is 3.72. The lowest BCUT2D eigenvalue weighted by molar-refractivity contribution is 0.810. The van der Waals surface area contributed by atoms with E-state index in [1.54, 1.807) is 11.8 Å². The molecule has 0 N–H and O–H groups in total. The first-order chi connectivity index (χ1) is 8.38. The Hall–Kier alpha value is 0.360. The van der Waals surface area contributed by atoms with E-state index >= 15 is 0 Å². The molecular weight excluding hydrogens is 296 g/mol. The van der Waals surface area contributed by atoms with Crippen LogP contribution in [0, 0.1) is 0 Å². The van der Waals surface area contributed by atoms with Crippen LogP contribution in [0.15, 0.2) is 34.1 Å². The molecule has 4 heteroatoms. The molecule has 0 saturated carbocycles. The lowest BCUT2D eigenvalue weighted by atomic mass is 10.3. The largest absolute Gasteiger partial charge is 0.0829 e. The van der Waals surface area contributed by atoms with Crippen LogP contribution in [0.1, 0.15) is 41.5 Å². The van der Waals surface area contributed by atoms with Gasteiger partial charge >= 0.3 is 0 Å². The van der Waals surface area contributed by atoms with Crippen molar-refractivity contribution in [1.82, 2.24) is 0 Å². The lowest BCUT2D eigenvalue weighted by Gasteiger charge is -2.17. The number of benzene rings is 1. The number of hydrogen-bond acceptors (Lipinski definition) is 4. The highest BCUT2D eigenvalue weighted by atomic mass is 33.1. The minimum absolute atomic E-state index is 0.273. The average Bonchev–Trinajstić information content (AvgIpc) is 2.29. The van der Waals surface area contributed by atoms with E-state index in [4.69, 9.17) is 12.2 Å². The van der Waals surface area contributed by atoms with E-state index < -0.39 is 0 Å². The van der Waals surface area contributed by atoms with Crippen LogP contribution in [0.5, 0.6) is 0 Å². The molecule has 0 heterocycles. The molecule has 0 bridgehead atoms. The predicted octanol–water partition coefficient (Wildman–Crippen LogP) is 6.69. The maximum atomic E-state index is 5.14. The molecule has 18 heavy (non-hydrogen) atoms. The molecule has 0 aliphatic heterocycles. The third-order valence-corrected chi connectivity index (χ3v) is 6.13. The van der Waals surface area contributed by atoms with Crippen molar-refractivity contribution in [3.63, 3.8) is 0 Å². The van der Waals surface area contributed by atoms with Gasteiger partial charge in [-0.1, -0.05) is 92.3 Å². The molecule has 1 rings (SSSR count). The smallest absolute Gasteiger partial charge is 0.0496 e. The number of thiocarbonyl (C=S) groups is 1. The fraction of sp³-hybridized carbons (Fsp3) is 0.500. The van der Waals surface area contributed by atoms with Crippen molar-refractivity contribution in [2.24, 2.45) is 0 Å². The van der Waals surface area contributed by atoms with Crippen LogP contribution >= 0.6 is 45.6 Å². The maximum Gasteiger partial charge on any atom is 0.0496 e. The molecule has 0 fully saturated rings. The zero-order valence-corrected chi connectivity index (χ0v) is 15.2. The highest BCUT2D eigenvalue weighted by Crippen LogP contribution is 2.43. The van der Waals surface area contributed by atoms with Gasteiger partial charge in [0.15, 0.2) is 0 Å². The van der Waals surface area contributed by atoms with Gasteiger partial charge in [0.25, 0.3) is 0 Å². The first-order valence-electron chi connectivity index (χ1n) is 6.01. The third kappa shape index (κ3) is 8.46. The van der Waals surface area contributed by atoms with Gasteiger partial charge in [-0.15, -0.1) is 0 Å². The van der Waals surface area contributed by atoms with Crippen LogP contribution in [0.4, 0.5) is 0 Å². The van der Waals surface area contributed by atoms with Crippen molar-refractivity contribution in [2.45, 2.75) is 56.1 Å². The topological polar surface area (TPSA) is 0 Å². The van der Waals surface area contributed by atoms with Crippen LogP contribution < -0.4 is 0 Å². The van der Waals surface area contributed by atoms with Gasteiger partial charge in [-0.25, -0.2) is 0 Å². The molecular formula is C14H22S4. The molecule has 0 unspecified atom stereocenters. The van der Waals surface area contributed by atoms with Crippen LogP contribution in [0.25, 0.3) is 0 Å². The molecule has 0 aliphatic rings. The molecule has 0 aromatic heterocycles. The average molecular weight is 319 g/mol. The highest BCUT2D eigenvalue weighted by molar-refractivity contribution is 8.77. The number of hydrogen-bond donors (Lipinski definition) is 0. The first kappa shape index (κ1) is 18.4. The van der Waals surface area contributed by atoms with Crippen LogP contribution in [0.3, 0.4) is 0 Å². The van der Waals surface area contributed by atoms with Crippen molar-refractivity contribution in [3.8, 4) is 0 Å². The molecule has 0 radical (unpaired) electrons. The molecule has 0 atom stereocenters. The Morgan fingerprint density at radius 2 is 1.56 bits per heavy atom. The third-order valence-electron chi connectivity index (χ3n) is 1.48. The Bertz CT molecular complexity index is 366. The Balaban J connectivity index is 0.00000137. The fourth-order valence-electron chi connectivity index (χ4n) is 0.928. The normalized spacial score (nSPS) is 10.6. The summed E-state index contributed by atoms with van der Waals surface area (Å²) in [5.41, 5.74) is 0. The van der Waals surface area contributed by atoms with Gasteiger partial charge in [-0.3, -0.25) is 0 Å². The minimum atomic E-state index is 0.273. The predicted molar refractivity (Wildman–Crippen MR) is 95.1 cm³/mol. The summed E-state index contributed by atoms with van der Waals surface area (Å²) in [4.78, 5) is 2.56. The van der Waals surface area contributed by atoms with Gasteiger partial charge in [0, 0.05) is 18.7 Å². The molecule has 0 amide bonds. The SMILES string of the molecule is CC.CC(=S)Sc1ccccc1SSC(C)(C)C. The van der Waals surface area contributed by atoms with E-state index in [2.05, 4.69) is 45.0 Å². The van der Waals surface area contributed by atoms with Crippen molar-refractivity contribution in [3.05, 3.63) is 24.3 Å². The monoisotopic (exact) mass is 318 g/mol. The highest BCUT2D eigenvalue weighted by Gasteiger charge is 2.13. The van der Waals surface area contributed by atoms with Gasteiger partial charge in [0.2, 0.25) is 0 Å². The minimum Gasteiger partial charge on any atom is -0.0829 e. The van der Waals surface area contributed by atoms with Crippen LogP contribution in [-0.4, -0.2) is 8.94 Å². The second kappa shape index (κ2) is 9.29. The molecule has 1 aromatic carbocycles. The second-order valence-corrected chi connectivity index (χ2v) is 9.44. The zero-order valence-electron chi connectivity index (χ0n) is 11.9. The number of rotatable bonds is 3. The van der Waals surface area contributed by atoms with Gasteiger partial charge in [-0.2, -0.15) is 0 Å². The molecule has 0 nitrogen and oxygen atoms in total. The Kier molecular flexibility index (Phi) is 9.48. The van der Waals surface area contributed by atoms with E-state index in [1.165, 1.54) is 9.79 Å². The van der Waals surface area contributed by atoms with Gasteiger partial charge < -0.3 is 0 Å². The van der Waals surface area contributed by atoms with Gasteiger partial charge in [-0.05, 0) is 19.1 Å². The number of thioether (sulfide) groups is 1. The summed E-state index contributed by atoms with van der Waals surface area (Å²) in [6, 6.07) is 8.43. The first-order valence-corrected chi connectivity index (χ1v) is 9.39. The molecule has 1 aromatic rings. The second-order valence-electron chi connectivity index (χ2n) is 4.32. The van der Waals surface area contributed by atoms with E-state index in [0.717, 1.165) is 4.20 Å². The van der Waals surface area contributed by atoms with E-state index in [0.29, 0.717) is 0 Å². The quantitative estimate of drug-likeness (QED) is 0.345. The fourth-order valence-corrected chi connectivity index (χ4v) is 4.31. The lowest BCUT2D eigenvalue weighted by Crippen LogP contribution is -2.04. The summed E-state index contributed by atoms with van der Waals surface area (Å²) in [6.45, 7) is 12.7. The molecule has 0 spiro atoms. The van der Waals surface area contributed by atoms with Crippen molar-refractivity contribution in [2.75, 3.05) is 0 Å². The summed E-state index contributed by atoms with van der Waals surface area (Å²) < 4.78 is 1.24. The Morgan fingerprint density at radius 3 is 2.00 bits per heavy atom. The van der Waals surface area contributed by atoms with E-state index in [-0.39, 0.29) is 4.75 Å². The summed E-state index contributed by atoms with van der Waals surface area (Å²) in [5, 5.41) is 0. The summed E-state index contributed by atoms with van der Waals surface area (Å²) in [6.07, 6.45) is 0. The Morgan fingerprint density at radius 1 is 1.06 bits per heavy atom. The standard InChI is InChI=1S/C12H16S4.C2H6/c1-9(13)14-10-7-5-6-8-11(10)15-16-12(2,3)4;1-2/h5-8H,1-4H3;1-2H3. The summed E-state index contributed by atoms with van der Waals surface area (Å²) >= 11 is 6.81. The molecule has 0 aliphatic carbocycles. The van der Waals surface area contributed by atoms with Crippen molar-refractivity contribution >= 4 is 49.8 Å². The Labute approximate surface area is 129 Å². The maximum absolute atomic E-state index is 5.14. The van der Waals surface area contributed by atoms with Gasteiger partial charge in [0.05, 0.1) is 0 Å². The molecule has 0 saturated heterocycles. The van der Waals surface area contributed by atoms with Crippen molar-refractivity contribution in [1.29, 1.82) is 0 Å². The van der Waals surface area contributed by atoms with Crippen LogP contribution in [0.2, 0.25) is 0 Å². The van der Waals surface area contributed by atoms with E-state index in [9.17, 15) is 0 Å². The summed E-state index contributed by atoms with van der Waals surface area (Å²) in [5.74, 6) is 0. The van der Waals surface area contributed by atoms with Crippen LogP contribution in [-0.2, 0) is 0 Å².